The Morgan fingerprint density at radius 3 is 2.60 bits per heavy atom. The number of thiophene rings is 1. The van der Waals surface area contributed by atoms with Crippen LogP contribution in [0.5, 0.6) is 0 Å². The summed E-state index contributed by atoms with van der Waals surface area (Å²) in [6.07, 6.45) is 3.50. The molecule has 0 aliphatic carbocycles. The van der Waals surface area contributed by atoms with E-state index in [0.717, 1.165) is 48.2 Å². The van der Waals surface area contributed by atoms with Crippen LogP contribution in [0.1, 0.15) is 35.4 Å². The minimum Gasteiger partial charge on any atom is -0.340 e. The van der Waals surface area contributed by atoms with E-state index in [1.165, 1.54) is 11.3 Å². The van der Waals surface area contributed by atoms with E-state index in [-0.39, 0.29) is 11.8 Å². The topological polar surface area (TPSA) is 40.6 Å². The summed E-state index contributed by atoms with van der Waals surface area (Å²) in [7, 11) is 0. The molecule has 0 N–H and O–H groups in total. The molecular formula is C14H17BrN2O2S. The van der Waals surface area contributed by atoms with Gasteiger partial charge in [-0.15, -0.1) is 11.3 Å². The van der Waals surface area contributed by atoms with Crippen molar-refractivity contribution in [2.24, 2.45) is 0 Å². The van der Waals surface area contributed by atoms with Crippen molar-refractivity contribution in [3.63, 3.8) is 0 Å². The number of halogens is 1. The maximum Gasteiger partial charge on any atom is 0.263 e. The minimum atomic E-state index is 0.117. The van der Waals surface area contributed by atoms with Crippen molar-refractivity contribution in [1.82, 2.24) is 9.80 Å². The maximum absolute atomic E-state index is 12.3. The van der Waals surface area contributed by atoms with Crippen LogP contribution in [-0.4, -0.2) is 47.3 Å². The summed E-state index contributed by atoms with van der Waals surface area (Å²) in [6, 6.07) is 2.22. The average molecular weight is 357 g/mol. The van der Waals surface area contributed by atoms with Gasteiger partial charge in [-0.2, -0.15) is 0 Å². The number of amides is 2. The molecule has 0 atom stereocenters. The molecule has 3 heterocycles. The smallest absolute Gasteiger partial charge is 0.263 e. The molecular weight excluding hydrogens is 340 g/mol. The van der Waals surface area contributed by atoms with Crippen LogP contribution in [0.3, 0.4) is 0 Å². The molecule has 6 heteroatoms. The Labute approximate surface area is 130 Å². The second-order valence-electron chi connectivity index (χ2n) is 5.34. The Hall–Kier alpha value is -0.880. The Bertz CT molecular complexity index is 523. The van der Waals surface area contributed by atoms with Gasteiger partial charge in [0.05, 0.1) is 4.88 Å². The molecule has 2 saturated heterocycles. The number of hydrogen-bond acceptors (Lipinski definition) is 3. The third kappa shape index (κ3) is 2.76. The first-order valence-corrected chi connectivity index (χ1v) is 8.65. The number of rotatable bonds is 2. The van der Waals surface area contributed by atoms with E-state index in [2.05, 4.69) is 15.9 Å². The quantitative estimate of drug-likeness (QED) is 0.817. The van der Waals surface area contributed by atoms with Gasteiger partial charge in [0.15, 0.2) is 0 Å². The molecule has 108 valence electrons. The summed E-state index contributed by atoms with van der Waals surface area (Å²) >= 11 is 4.86. The molecule has 0 bridgehead atoms. The lowest BCUT2D eigenvalue weighted by Crippen LogP contribution is -2.47. The van der Waals surface area contributed by atoms with Gasteiger partial charge in [-0.25, -0.2) is 0 Å². The van der Waals surface area contributed by atoms with Gasteiger partial charge in [0.1, 0.15) is 0 Å². The Morgan fingerprint density at radius 1 is 1.30 bits per heavy atom. The van der Waals surface area contributed by atoms with Crippen molar-refractivity contribution < 1.29 is 9.59 Å². The molecule has 0 saturated carbocycles. The molecule has 0 aromatic carbocycles. The van der Waals surface area contributed by atoms with Crippen LogP contribution < -0.4 is 0 Å². The SMILES string of the molecule is O=C(c1cc(Br)cs1)N1CCC(N2CCCC2=O)CC1. The van der Waals surface area contributed by atoms with Crippen molar-refractivity contribution in [3.05, 3.63) is 20.8 Å². The van der Waals surface area contributed by atoms with E-state index in [9.17, 15) is 9.59 Å². The first-order valence-electron chi connectivity index (χ1n) is 6.98. The lowest BCUT2D eigenvalue weighted by atomic mass is 10.0. The summed E-state index contributed by atoms with van der Waals surface area (Å²) in [5.74, 6) is 0.406. The van der Waals surface area contributed by atoms with Crippen molar-refractivity contribution in [1.29, 1.82) is 0 Å². The highest BCUT2D eigenvalue weighted by atomic mass is 79.9. The van der Waals surface area contributed by atoms with Crippen LogP contribution in [0.25, 0.3) is 0 Å². The molecule has 2 amide bonds. The lowest BCUT2D eigenvalue weighted by molar-refractivity contribution is -0.130. The molecule has 2 fully saturated rings. The number of carbonyl (C=O) groups is 2. The van der Waals surface area contributed by atoms with Crippen LogP contribution in [-0.2, 0) is 4.79 Å². The van der Waals surface area contributed by atoms with Crippen molar-refractivity contribution in [3.8, 4) is 0 Å². The van der Waals surface area contributed by atoms with Gasteiger partial charge < -0.3 is 9.80 Å². The predicted octanol–water partition coefficient (Wildman–Crippen LogP) is 2.74. The zero-order valence-corrected chi connectivity index (χ0v) is 13.6. The molecule has 1 aromatic rings. The summed E-state index contributed by atoms with van der Waals surface area (Å²) in [4.78, 5) is 28.8. The van der Waals surface area contributed by atoms with E-state index in [1.54, 1.807) is 0 Å². The van der Waals surface area contributed by atoms with Crippen LogP contribution in [0.15, 0.2) is 15.9 Å². The predicted molar refractivity (Wildman–Crippen MR) is 81.9 cm³/mol. The Kier molecular flexibility index (Phi) is 4.12. The molecule has 0 spiro atoms. The molecule has 2 aliphatic rings. The first-order chi connectivity index (χ1) is 9.65. The fourth-order valence-corrected chi connectivity index (χ4v) is 4.41. The fraction of sp³-hybridized carbons (Fsp3) is 0.571. The van der Waals surface area contributed by atoms with Gasteiger partial charge in [-0.05, 0) is 41.3 Å². The third-order valence-corrected chi connectivity index (χ3v) is 5.76. The van der Waals surface area contributed by atoms with Crippen LogP contribution in [0, 0.1) is 0 Å². The summed E-state index contributed by atoms with van der Waals surface area (Å²) < 4.78 is 0.961. The standard InChI is InChI=1S/C14H17BrN2O2S/c15-10-8-12(20-9-10)14(19)16-6-3-11(4-7-16)17-5-1-2-13(17)18/h8-9,11H,1-7H2. The Morgan fingerprint density at radius 2 is 2.05 bits per heavy atom. The number of piperidine rings is 1. The molecule has 4 nitrogen and oxygen atoms in total. The molecule has 3 rings (SSSR count). The number of carbonyl (C=O) groups excluding carboxylic acids is 2. The summed E-state index contributed by atoms with van der Waals surface area (Å²) in [5, 5.41) is 1.93. The summed E-state index contributed by atoms with van der Waals surface area (Å²) in [6.45, 7) is 2.40. The van der Waals surface area contributed by atoms with Gasteiger partial charge in [0.25, 0.3) is 5.91 Å². The molecule has 20 heavy (non-hydrogen) atoms. The number of nitrogens with zero attached hydrogens (tertiary/aromatic N) is 2. The Balaban J connectivity index is 1.58. The van der Waals surface area contributed by atoms with E-state index < -0.39 is 0 Å². The first kappa shape index (κ1) is 14.1. The normalized spacial score (nSPS) is 20.8. The van der Waals surface area contributed by atoms with Gasteiger partial charge in [0, 0.05) is 41.9 Å². The van der Waals surface area contributed by atoms with Crippen molar-refractivity contribution in [2.45, 2.75) is 31.7 Å². The van der Waals surface area contributed by atoms with Crippen LogP contribution in [0.2, 0.25) is 0 Å². The van der Waals surface area contributed by atoms with Crippen molar-refractivity contribution in [2.75, 3.05) is 19.6 Å². The van der Waals surface area contributed by atoms with Gasteiger partial charge in [-0.3, -0.25) is 9.59 Å². The summed E-state index contributed by atoms with van der Waals surface area (Å²) in [5.41, 5.74) is 0. The van der Waals surface area contributed by atoms with Gasteiger partial charge in [-0.1, -0.05) is 0 Å². The van der Waals surface area contributed by atoms with E-state index in [4.69, 9.17) is 0 Å². The van der Waals surface area contributed by atoms with Crippen LogP contribution in [0.4, 0.5) is 0 Å². The number of likely N-dealkylation sites (tertiary alicyclic amines) is 2. The third-order valence-electron chi connectivity index (χ3n) is 4.08. The second kappa shape index (κ2) is 5.85. The molecule has 0 unspecified atom stereocenters. The maximum atomic E-state index is 12.3. The lowest BCUT2D eigenvalue weighted by Gasteiger charge is -2.36. The van der Waals surface area contributed by atoms with E-state index >= 15 is 0 Å². The van der Waals surface area contributed by atoms with E-state index in [1.807, 2.05) is 21.2 Å². The van der Waals surface area contributed by atoms with Gasteiger partial charge >= 0.3 is 0 Å². The zero-order valence-electron chi connectivity index (χ0n) is 11.2. The van der Waals surface area contributed by atoms with E-state index in [0.29, 0.717) is 12.5 Å². The van der Waals surface area contributed by atoms with Crippen LogP contribution >= 0.6 is 27.3 Å². The number of hydrogen-bond donors (Lipinski definition) is 0. The molecule has 1 aromatic heterocycles. The highest BCUT2D eigenvalue weighted by Crippen LogP contribution is 2.25. The highest BCUT2D eigenvalue weighted by molar-refractivity contribution is 9.10. The zero-order chi connectivity index (χ0) is 14.1. The fourth-order valence-electron chi connectivity index (χ4n) is 3.02. The average Bonchev–Trinajstić information content (AvgIpc) is 3.07. The largest absolute Gasteiger partial charge is 0.340 e. The molecule has 2 aliphatic heterocycles. The molecule has 0 radical (unpaired) electrons. The second-order valence-corrected chi connectivity index (χ2v) is 7.17. The monoisotopic (exact) mass is 356 g/mol. The van der Waals surface area contributed by atoms with Gasteiger partial charge in [0.2, 0.25) is 5.91 Å². The van der Waals surface area contributed by atoms with Crippen molar-refractivity contribution >= 4 is 39.1 Å². The highest BCUT2D eigenvalue weighted by Gasteiger charge is 2.32. The minimum absolute atomic E-state index is 0.117.